The third-order valence-corrected chi connectivity index (χ3v) is 2.31. The zero-order chi connectivity index (χ0) is 11.4. The molecule has 2 rings (SSSR count). The number of aromatic nitrogens is 4. The summed E-state index contributed by atoms with van der Waals surface area (Å²) in [5, 5.41) is 3.21. The SMILES string of the molecule is CCNCc1ncc(-c2nccnc2C)[nH]1. The number of rotatable bonds is 4. The largest absolute Gasteiger partial charge is 0.340 e. The standard InChI is InChI=1S/C11H15N5/c1-3-12-7-10-15-6-9(16-10)11-8(2)13-4-5-14-11/h4-6,12H,3,7H2,1-2H3,(H,15,16). The highest BCUT2D eigenvalue weighted by molar-refractivity contribution is 5.55. The molecule has 0 amide bonds. The van der Waals surface area contributed by atoms with Crippen molar-refractivity contribution < 1.29 is 0 Å². The van der Waals surface area contributed by atoms with Gasteiger partial charge in [0.15, 0.2) is 0 Å². The first-order valence-corrected chi connectivity index (χ1v) is 5.34. The van der Waals surface area contributed by atoms with Gasteiger partial charge < -0.3 is 10.3 Å². The third kappa shape index (κ3) is 2.25. The summed E-state index contributed by atoms with van der Waals surface area (Å²) in [4.78, 5) is 16.0. The molecule has 5 heteroatoms. The normalized spacial score (nSPS) is 10.6. The molecule has 0 aliphatic rings. The molecule has 0 aromatic carbocycles. The Hall–Kier alpha value is -1.75. The van der Waals surface area contributed by atoms with E-state index < -0.39 is 0 Å². The summed E-state index contributed by atoms with van der Waals surface area (Å²) in [7, 11) is 0. The van der Waals surface area contributed by atoms with Crippen LogP contribution < -0.4 is 5.32 Å². The molecule has 0 bridgehead atoms. The molecule has 5 nitrogen and oxygen atoms in total. The highest BCUT2D eigenvalue weighted by atomic mass is 15.0. The summed E-state index contributed by atoms with van der Waals surface area (Å²) in [6.07, 6.45) is 5.17. The molecule has 0 radical (unpaired) electrons. The monoisotopic (exact) mass is 217 g/mol. The van der Waals surface area contributed by atoms with Gasteiger partial charge >= 0.3 is 0 Å². The van der Waals surface area contributed by atoms with Crippen LogP contribution in [-0.2, 0) is 6.54 Å². The molecular formula is C11H15N5. The lowest BCUT2D eigenvalue weighted by Crippen LogP contribution is -2.12. The number of hydrogen-bond acceptors (Lipinski definition) is 4. The van der Waals surface area contributed by atoms with E-state index in [0.717, 1.165) is 36.0 Å². The van der Waals surface area contributed by atoms with Crippen LogP contribution in [0.2, 0.25) is 0 Å². The number of aromatic amines is 1. The molecule has 0 saturated carbocycles. The van der Waals surface area contributed by atoms with E-state index in [1.165, 1.54) is 0 Å². The molecule has 0 spiro atoms. The molecule has 0 saturated heterocycles. The molecule has 2 aromatic heterocycles. The lowest BCUT2D eigenvalue weighted by atomic mass is 10.2. The maximum Gasteiger partial charge on any atom is 0.120 e. The Bertz CT molecular complexity index is 463. The van der Waals surface area contributed by atoms with Gasteiger partial charge in [-0.25, -0.2) is 4.98 Å². The zero-order valence-electron chi connectivity index (χ0n) is 9.49. The second-order valence-corrected chi connectivity index (χ2v) is 3.51. The smallest absolute Gasteiger partial charge is 0.120 e. The van der Waals surface area contributed by atoms with Gasteiger partial charge in [-0.3, -0.25) is 9.97 Å². The summed E-state index contributed by atoms with van der Waals surface area (Å²) in [5.74, 6) is 0.918. The van der Waals surface area contributed by atoms with E-state index in [2.05, 4.69) is 32.2 Å². The van der Waals surface area contributed by atoms with Crippen molar-refractivity contribution in [3.8, 4) is 11.4 Å². The van der Waals surface area contributed by atoms with Gasteiger partial charge in [0.2, 0.25) is 0 Å². The van der Waals surface area contributed by atoms with Crippen molar-refractivity contribution in [3.05, 3.63) is 30.1 Å². The fraction of sp³-hybridized carbons (Fsp3) is 0.364. The molecule has 0 fully saturated rings. The van der Waals surface area contributed by atoms with E-state index in [0.29, 0.717) is 0 Å². The maximum absolute atomic E-state index is 4.29. The predicted molar refractivity (Wildman–Crippen MR) is 61.7 cm³/mol. The summed E-state index contributed by atoms with van der Waals surface area (Å²) in [6, 6.07) is 0. The molecule has 2 N–H and O–H groups in total. The van der Waals surface area contributed by atoms with Crippen LogP contribution in [0.5, 0.6) is 0 Å². The van der Waals surface area contributed by atoms with Crippen molar-refractivity contribution >= 4 is 0 Å². The Balaban J connectivity index is 2.22. The van der Waals surface area contributed by atoms with Crippen molar-refractivity contribution in [2.45, 2.75) is 20.4 Å². The van der Waals surface area contributed by atoms with Crippen LogP contribution >= 0.6 is 0 Å². The van der Waals surface area contributed by atoms with Gasteiger partial charge in [-0.2, -0.15) is 0 Å². The summed E-state index contributed by atoms with van der Waals surface area (Å²) < 4.78 is 0. The van der Waals surface area contributed by atoms with Crippen LogP contribution in [0.15, 0.2) is 18.6 Å². The summed E-state index contributed by atoms with van der Waals surface area (Å²) in [6.45, 7) is 5.68. The Morgan fingerprint density at radius 1 is 1.25 bits per heavy atom. The van der Waals surface area contributed by atoms with Crippen LogP contribution in [0.4, 0.5) is 0 Å². The second-order valence-electron chi connectivity index (χ2n) is 3.51. The van der Waals surface area contributed by atoms with Gasteiger partial charge in [-0.1, -0.05) is 6.92 Å². The minimum Gasteiger partial charge on any atom is -0.340 e. The van der Waals surface area contributed by atoms with E-state index in [9.17, 15) is 0 Å². The number of aryl methyl sites for hydroxylation is 1. The lowest BCUT2D eigenvalue weighted by molar-refractivity contribution is 0.698. The quantitative estimate of drug-likeness (QED) is 0.809. The van der Waals surface area contributed by atoms with Crippen LogP contribution in [0.3, 0.4) is 0 Å². The molecule has 84 valence electrons. The van der Waals surface area contributed by atoms with Crippen LogP contribution in [0.1, 0.15) is 18.4 Å². The Kier molecular flexibility index (Phi) is 3.26. The van der Waals surface area contributed by atoms with E-state index in [1.54, 1.807) is 18.6 Å². The summed E-state index contributed by atoms with van der Waals surface area (Å²) in [5.41, 5.74) is 2.68. The van der Waals surface area contributed by atoms with Gasteiger partial charge in [-0.15, -0.1) is 0 Å². The molecule has 16 heavy (non-hydrogen) atoms. The molecule has 0 atom stereocenters. The van der Waals surface area contributed by atoms with E-state index >= 15 is 0 Å². The number of nitrogens with one attached hydrogen (secondary N) is 2. The topological polar surface area (TPSA) is 66.5 Å². The van der Waals surface area contributed by atoms with Crippen molar-refractivity contribution in [2.24, 2.45) is 0 Å². The van der Waals surface area contributed by atoms with Crippen molar-refractivity contribution in [1.29, 1.82) is 0 Å². The van der Waals surface area contributed by atoms with Crippen LogP contribution in [-0.4, -0.2) is 26.5 Å². The Morgan fingerprint density at radius 2 is 2.06 bits per heavy atom. The molecular weight excluding hydrogens is 202 g/mol. The first kappa shape index (κ1) is 10.8. The van der Waals surface area contributed by atoms with Gasteiger partial charge in [0.1, 0.15) is 11.5 Å². The summed E-state index contributed by atoms with van der Waals surface area (Å²) >= 11 is 0. The molecule has 0 aliphatic heterocycles. The van der Waals surface area contributed by atoms with Gasteiger partial charge in [0.25, 0.3) is 0 Å². The van der Waals surface area contributed by atoms with Crippen molar-refractivity contribution in [3.63, 3.8) is 0 Å². The highest BCUT2D eigenvalue weighted by Gasteiger charge is 2.07. The third-order valence-electron chi connectivity index (χ3n) is 2.31. The minimum absolute atomic E-state index is 0.746. The number of nitrogens with zero attached hydrogens (tertiary/aromatic N) is 3. The Morgan fingerprint density at radius 3 is 2.81 bits per heavy atom. The number of H-pyrrole nitrogens is 1. The first-order valence-electron chi connectivity index (χ1n) is 5.34. The van der Waals surface area contributed by atoms with Crippen molar-refractivity contribution in [1.82, 2.24) is 25.3 Å². The van der Waals surface area contributed by atoms with Crippen molar-refractivity contribution in [2.75, 3.05) is 6.54 Å². The molecule has 2 heterocycles. The van der Waals surface area contributed by atoms with E-state index in [-0.39, 0.29) is 0 Å². The molecule has 2 aromatic rings. The lowest BCUT2D eigenvalue weighted by Gasteiger charge is -2.00. The average molecular weight is 217 g/mol. The second kappa shape index (κ2) is 4.85. The van der Waals surface area contributed by atoms with Gasteiger partial charge in [0, 0.05) is 12.4 Å². The molecule has 0 unspecified atom stereocenters. The van der Waals surface area contributed by atoms with E-state index in [4.69, 9.17) is 0 Å². The molecule has 0 aliphatic carbocycles. The predicted octanol–water partition coefficient (Wildman–Crippen LogP) is 1.28. The zero-order valence-corrected chi connectivity index (χ0v) is 9.49. The first-order chi connectivity index (χ1) is 7.81. The Labute approximate surface area is 94.4 Å². The minimum atomic E-state index is 0.746. The fourth-order valence-corrected chi connectivity index (χ4v) is 1.49. The fourth-order valence-electron chi connectivity index (χ4n) is 1.49. The maximum atomic E-state index is 4.29. The van der Waals surface area contributed by atoms with Crippen LogP contribution in [0, 0.1) is 6.92 Å². The van der Waals surface area contributed by atoms with Gasteiger partial charge in [-0.05, 0) is 13.5 Å². The highest BCUT2D eigenvalue weighted by Crippen LogP contribution is 2.16. The van der Waals surface area contributed by atoms with Gasteiger partial charge in [0.05, 0.1) is 24.1 Å². The van der Waals surface area contributed by atoms with Crippen LogP contribution in [0.25, 0.3) is 11.4 Å². The number of imidazole rings is 1. The number of hydrogen-bond donors (Lipinski definition) is 2. The van der Waals surface area contributed by atoms with E-state index in [1.807, 2.05) is 6.92 Å². The average Bonchev–Trinajstić information content (AvgIpc) is 2.75.